The van der Waals surface area contributed by atoms with Crippen molar-refractivity contribution in [2.24, 2.45) is 10.7 Å². The van der Waals surface area contributed by atoms with Crippen molar-refractivity contribution in [2.75, 3.05) is 0 Å². The largest absolute Gasteiger partial charge is 0.446 e. The third kappa shape index (κ3) is 3.32. The number of halogens is 2. The van der Waals surface area contributed by atoms with E-state index in [1.807, 2.05) is 6.92 Å². The lowest BCUT2D eigenvalue weighted by Crippen LogP contribution is -2.50. The number of hydroxylamine groups is 1. The quantitative estimate of drug-likeness (QED) is 0.283. The monoisotopic (exact) mass is 427 g/mol. The van der Waals surface area contributed by atoms with Crippen LogP contribution in [-0.4, -0.2) is 38.1 Å². The minimum Gasteiger partial charge on any atom is -0.328 e. The van der Waals surface area contributed by atoms with E-state index in [9.17, 15) is 9.18 Å². The van der Waals surface area contributed by atoms with E-state index in [0.29, 0.717) is 12.8 Å². The van der Waals surface area contributed by atoms with Gasteiger partial charge < -0.3 is 10.9 Å². The smallest absolute Gasteiger partial charge is 0.328 e. The Kier molecular flexibility index (Phi) is 4.78. The Bertz CT molecular complexity index is 947. The van der Waals surface area contributed by atoms with Crippen molar-refractivity contribution in [3.63, 3.8) is 0 Å². The molecule has 0 radical (unpaired) electrons. The molecule has 1 heterocycles. The number of aromatic nitrogens is 2. The number of nitrogens with zero attached hydrogens (tertiary/aromatic N) is 3. The van der Waals surface area contributed by atoms with Crippen molar-refractivity contribution in [2.45, 2.75) is 31.3 Å². The van der Waals surface area contributed by atoms with Crippen LogP contribution in [0.1, 0.15) is 25.6 Å². The van der Waals surface area contributed by atoms with Crippen LogP contribution < -0.4 is 17.0 Å². The number of amidine groups is 1. The average Bonchev–Trinajstić information content (AvgIpc) is 2.95. The van der Waals surface area contributed by atoms with Crippen LogP contribution in [0.15, 0.2) is 37.0 Å². The summed E-state index contributed by atoms with van der Waals surface area (Å²) >= 11 is 3.05. The molecule has 0 bridgehead atoms. The number of rotatable bonds is 4. The molecule has 0 atom stereocenters. The highest BCUT2D eigenvalue weighted by atomic mass is 79.9. The lowest BCUT2D eigenvalue weighted by molar-refractivity contribution is 0.216. The maximum absolute atomic E-state index is 13.5. The van der Waals surface area contributed by atoms with Gasteiger partial charge in [-0.2, -0.15) is 0 Å². The summed E-state index contributed by atoms with van der Waals surface area (Å²) in [6.07, 6.45) is 1.25. The lowest BCUT2D eigenvalue weighted by Gasteiger charge is -2.40. The Balaban J connectivity index is 2.02. The van der Waals surface area contributed by atoms with Crippen molar-refractivity contribution in [1.29, 1.82) is 5.41 Å². The van der Waals surface area contributed by atoms with Gasteiger partial charge in [0.2, 0.25) is 11.7 Å². The SMILES string of the molecule is CC1(N=C(N[OH2+])C(=N)c2noc(=O)n2-c2ccc(F)c(Br)c2)CC(N)C1. The van der Waals surface area contributed by atoms with E-state index in [-0.39, 0.29) is 33.6 Å². The number of benzene rings is 1. The van der Waals surface area contributed by atoms with Crippen molar-refractivity contribution in [3.05, 3.63) is 44.9 Å². The van der Waals surface area contributed by atoms with E-state index in [2.05, 4.69) is 36.1 Å². The van der Waals surface area contributed by atoms with E-state index in [1.54, 1.807) is 0 Å². The minimum atomic E-state index is -0.843. The van der Waals surface area contributed by atoms with E-state index in [0.717, 1.165) is 4.57 Å². The number of nitrogens with one attached hydrogen (secondary N) is 2. The van der Waals surface area contributed by atoms with Gasteiger partial charge in [0.05, 0.1) is 15.7 Å². The molecule has 0 amide bonds. The molecule has 138 valence electrons. The van der Waals surface area contributed by atoms with Crippen LogP contribution in [0.5, 0.6) is 0 Å². The van der Waals surface area contributed by atoms with Crippen LogP contribution in [0.25, 0.3) is 5.69 Å². The van der Waals surface area contributed by atoms with E-state index < -0.39 is 17.1 Å². The van der Waals surface area contributed by atoms with Gasteiger partial charge in [-0.05, 0) is 53.9 Å². The fourth-order valence-corrected chi connectivity index (χ4v) is 3.31. The summed E-state index contributed by atoms with van der Waals surface area (Å²) in [7, 11) is 0. The molecule has 1 saturated carbocycles. The van der Waals surface area contributed by atoms with E-state index in [4.69, 9.17) is 16.4 Å². The summed E-state index contributed by atoms with van der Waals surface area (Å²) in [5.74, 6) is -1.56. The first kappa shape index (κ1) is 18.4. The van der Waals surface area contributed by atoms with Crippen molar-refractivity contribution >= 4 is 27.5 Å². The van der Waals surface area contributed by atoms with Gasteiger partial charge in [0.25, 0.3) is 0 Å². The summed E-state index contributed by atoms with van der Waals surface area (Å²) < 4.78 is 19.3. The molecule has 11 heteroatoms. The molecule has 1 aromatic heterocycles. The Morgan fingerprint density at radius 3 is 2.88 bits per heavy atom. The molecule has 2 aromatic rings. The normalized spacial score (nSPS) is 22.8. The average molecular weight is 428 g/mol. The van der Waals surface area contributed by atoms with E-state index >= 15 is 0 Å². The van der Waals surface area contributed by atoms with Crippen LogP contribution in [0.3, 0.4) is 0 Å². The molecular weight excluding hydrogens is 411 g/mol. The summed E-state index contributed by atoms with van der Waals surface area (Å²) in [6, 6.07) is 3.92. The first-order chi connectivity index (χ1) is 12.2. The molecule has 1 fully saturated rings. The summed E-state index contributed by atoms with van der Waals surface area (Å²) in [5, 5.41) is 19.4. The third-order valence-corrected chi connectivity index (χ3v) is 4.74. The highest BCUT2D eigenvalue weighted by Gasteiger charge is 2.39. The van der Waals surface area contributed by atoms with Crippen LogP contribution in [0.4, 0.5) is 4.39 Å². The summed E-state index contributed by atoms with van der Waals surface area (Å²) in [4.78, 5) is 16.4. The molecule has 26 heavy (non-hydrogen) atoms. The Hall–Kier alpha value is -2.37. The second kappa shape index (κ2) is 6.74. The number of hydrogen-bond donors (Lipinski definition) is 3. The van der Waals surface area contributed by atoms with Gasteiger partial charge in [-0.25, -0.2) is 13.8 Å². The second-order valence-corrected chi connectivity index (χ2v) is 7.19. The number of aliphatic imine (C=N–C) groups is 1. The lowest BCUT2D eigenvalue weighted by atomic mass is 9.75. The van der Waals surface area contributed by atoms with Gasteiger partial charge in [0, 0.05) is 6.04 Å². The molecule has 9 nitrogen and oxygen atoms in total. The van der Waals surface area contributed by atoms with Gasteiger partial charge in [-0.15, -0.1) is 5.48 Å². The Labute approximate surface area is 155 Å². The van der Waals surface area contributed by atoms with Gasteiger partial charge in [0.15, 0.2) is 5.71 Å². The molecule has 3 rings (SSSR count). The zero-order valence-electron chi connectivity index (χ0n) is 13.7. The maximum Gasteiger partial charge on any atom is 0.446 e. The fourth-order valence-electron chi connectivity index (χ4n) is 2.94. The van der Waals surface area contributed by atoms with Crippen molar-refractivity contribution in [1.82, 2.24) is 15.2 Å². The van der Waals surface area contributed by atoms with Gasteiger partial charge in [0.1, 0.15) is 5.82 Å². The molecule has 6 N–H and O–H groups in total. The fraction of sp³-hybridized carbons (Fsp3) is 0.333. The zero-order valence-corrected chi connectivity index (χ0v) is 15.3. The Morgan fingerprint density at radius 2 is 2.31 bits per heavy atom. The highest BCUT2D eigenvalue weighted by molar-refractivity contribution is 9.10. The Morgan fingerprint density at radius 1 is 1.62 bits per heavy atom. The first-order valence-corrected chi connectivity index (χ1v) is 8.45. The predicted molar refractivity (Wildman–Crippen MR) is 96.4 cm³/mol. The summed E-state index contributed by atoms with van der Waals surface area (Å²) in [6.45, 7) is 1.87. The molecule has 0 aliphatic heterocycles. The van der Waals surface area contributed by atoms with Gasteiger partial charge in [-0.3, -0.25) is 14.9 Å². The van der Waals surface area contributed by atoms with Crippen LogP contribution >= 0.6 is 15.9 Å². The minimum absolute atomic E-state index is 0.0340. The topological polar surface area (TPSA) is 145 Å². The third-order valence-electron chi connectivity index (χ3n) is 4.13. The van der Waals surface area contributed by atoms with Crippen LogP contribution in [0, 0.1) is 11.2 Å². The zero-order chi connectivity index (χ0) is 19.1. The molecule has 1 aromatic carbocycles. The molecule has 1 aliphatic carbocycles. The number of nitrogens with two attached hydrogens (primary N) is 1. The highest BCUT2D eigenvalue weighted by Crippen LogP contribution is 2.34. The molecule has 0 unspecified atom stereocenters. The number of hydrogen-bond acceptors (Lipinski definition) is 6. The van der Waals surface area contributed by atoms with Gasteiger partial charge >= 0.3 is 5.76 Å². The molecule has 0 saturated heterocycles. The maximum atomic E-state index is 13.5. The molecule has 0 spiro atoms. The first-order valence-electron chi connectivity index (χ1n) is 7.66. The summed E-state index contributed by atoms with van der Waals surface area (Å²) in [5.41, 5.74) is 7.38. The second-order valence-electron chi connectivity index (χ2n) is 6.33. The predicted octanol–water partition coefficient (Wildman–Crippen LogP) is 0.602. The van der Waals surface area contributed by atoms with Gasteiger partial charge in [-0.1, -0.05) is 5.16 Å². The van der Waals surface area contributed by atoms with Crippen molar-refractivity contribution in [3.8, 4) is 5.69 Å². The standard InChI is InChI=1S/C15H16BrFN6O3/c1-15(5-7(18)6-15)20-12(21-25)11(19)13-22-26-14(24)23(13)8-2-3-10(17)9(16)4-8/h2-4,7,19,25H,5-6,18H2,1H3,(H,20,21)/p+1. The van der Waals surface area contributed by atoms with Crippen molar-refractivity contribution < 1.29 is 14.1 Å². The van der Waals surface area contributed by atoms with E-state index in [1.165, 1.54) is 18.2 Å². The van der Waals surface area contributed by atoms with Crippen LogP contribution in [0.2, 0.25) is 0 Å². The molecular formula is C15H17BrFN6O3+. The molecule has 1 aliphatic rings. The van der Waals surface area contributed by atoms with Crippen LogP contribution in [-0.2, 0) is 0 Å².